The van der Waals surface area contributed by atoms with Crippen molar-refractivity contribution in [2.45, 2.75) is 50.1 Å². The SMILES string of the molecule is Cc1cc(NC(=O)C2CCCCC2)ccc1S(=O)(=O)Nc1cccc(C(F)(F)F)c1. The first-order chi connectivity index (χ1) is 14.1. The molecule has 3 rings (SSSR count). The molecule has 0 aromatic heterocycles. The largest absolute Gasteiger partial charge is 0.416 e. The molecule has 2 aromatic carbocycles. The number of anilines is 2. The highest BCUT2D eigenvalue weighted by Gasteiger charge is 2.31. The highest BCUT2D eigenvalue weighted by molar-refractivity contribution is 7.92. The van der Waals surface area contributed by atoms with Crippen molar-refractivity contribution in [1.82, 2.24) is 0 Å². The van der Waals surface area contributed by atoms with Crippen molar-refractivity contribution in [3.63, 3.8) is 0 Å². The normalized spacial score (nSPS) is 15.6. The van der Waals surface area contributed by atoms with Crippen LogP contribution in [-0.2, 0) is 21.0 Å². The van der Waals surface area contributed by atoms with Crippen LogP contribution in [0.2, 0.25) is 0 Å². The quantitative estimate of drug-likeness (QED) is 0.660. The Bertz CT molecular complexity index is 1030. The number of hydrogen-bond acceptors (Lipinski definition) is 3. The molecule has 1 aliphatic rings. The Kier molecular flexibility index (Phi) is 6.40. The van der Waals surface area contributed by atoms with Crippen molar-refractivity contribution in [1.29, 1.82) is 0 Å². The van der Waals surface area contributed by atoms with Crippen LogP contribution < -0.4 is 10.0 Å². The van der Waals surface area contributed by atoms with E-state index >= 15 is 0 Å². The van der Waals surface area contributed by atoms with Gasteiger partial charge in [-0.2, -0.15) is 13.2 Å². The molecule has 0 unspecified atom stereocenters. The summed E-state index contributed by atoms with van der Waals surface area (Å²) in [6.45, 7) is 1.57. The molecule has 2 N–H and O–H groups in total. The predicted molar refractivity (Wildman–Crippen MR) is 109 cm³/mol. The molecule has 1 aliphatic carbocycles. The van der Waals surface area contributed by atoms with E-state index in [9.17, 15) is 26.4 Å². The average Bonchev–Trinajstić information content (AvgIpc) is 2.67. The number of sulfonamides is 1. The van der Waals surface area contributed by atoms with Crippen molar-refractivity contribution in [2.75, 3.05) is 10.0 Å². The lowest BCUT2D eigenvalue weighted by atomic mass is 9.88. The molecular weight excluding hydrogens is 417 g/mol. The molecule has 0 spiro atoms. The summed E-state index contributed by atoms with van der Waals surface area (Å²) in [4.78, 5) is 12.3. The van der Waals surface area contributed by atoms with Gasteiger partial charge in [0.2, 0.25) is 5.91 Å². The molecule has 1 amide bonds. The minimum Gasteiger partial charge on any atom is -0.326 e. The Morgan fingerprint density at radius 2 is 1.70 bits per heavy atom. The highest BCUT2D eigenvalue weighted by atomic mass is 32.2. The fourth-order valence-electron chi connectivity index (χ4n) is 3.61. The van der Waals surface area contributed by atoms with Gasteiger partial charge in [0.05, 0.1) is 10.5 Å². The highest BCUT2D eigenvalue weighted by Crippen LogP contribution is 2.32. The summed E-state index contributed by atoms with van der Waals surface area (Å²) in [6, 6.07) is 8.36. The number of amides is 1. The summed E-state index contributed by atoms with van der Waals surface area (Å²) >= 11 is 0. The molecule has 30 heavy (non-hydrogen) atoms. The molecule has 0 bridgehead atoms. The zero-order valence-electron chi connectivity index (χ0n) is 16.4. The first kappa shape index (κ1) is 22.1. The minimum absolute atomic E-state index is 0.0370. The van der Waals surface area contributed by atoms with Gasteiger partial charge in [-0.3, -0.25) is 9.52 Å². The Balaban J connectivity index is 1.76. The van der Waals surface area contributed by atoms with Gasteiger partial charge in [-0.1, -0.05) is 25.3 Å². The maximum absolute atomic E-state index is 12.9. The van der Waals surface area contributed by atoms with Crippen LogP contribution in [-0.4, -0.2) is 14.3 Å². The number of halogens is 3. The fourth-order valence-corrected chi connectivity index (χ4v) is 4.88. The van der Waals surface area contributed by atoms with Gasteiger partial charge < -0.3 is 5.32 Å². The smallest absolute Gasteiger partial charge is 0.326 e. The van der Waals surface area contributed by atoms with E-state index in [0.29, 0.717) is 11.3 Å². The zero-order chi connectivity index (χ0) is 21.9. The fraction of sp³-hybridized carbons (Fsp3) is 0.381. The number of carbonyl (C=O) groups excluding carboxylic acids is 1. The van der Waals surface area contributed by atoms with Crippen LogP contribution in [0.1, 0.15) is 43.2 Å². The van der Waals surface area contributed by atoms with Crippen molar-refractivity contribution in [2.24, 2.45) is 5.92 Å². The Morgan fingerprint density at radius 1 is 1.00 bits per heavy atom. The van der Waals surface area contributed by atoms with Crippen LogP contribution in [0.25, 0.3) is 0 Å². The van der Waals surface area contributed by atoms with Crippen molar-refractivity contribution in [3.8, 4) is 0 Å². The molecule has 1 saturated carbocycles. The summed E-state index contributed by atoms with van der Waals surface area (Å²) in [5.74, 6) is -0.114. The van der Waals surface area contributed by atoms with Gasteiger partial charge in [0.25, 0.3) is 10.0 Å². The van der Waals surface area contributed by atoms with Gasteiger partial charge in [0, 0.05) is 17.3 Å². The third-order valence-electron chi connectivity index (χ3n) is 5.15. The molecule has 9 heteroatoms. The van der Waals surface area contributed by atoms with E-state index in [4.69, 9.17) is 0 Å². The summed E-state index contributed by atoms with van der Waals surface area (Å²) in [5.41, 5.74) is -0.267. The Labute approximate surface area is 173 Å². The van der Waals surface area contributed by atoms with E-state index in [-0.39, 0.29) is 22.4 Å². The summed E-state index contributed by atoms with van der Waals surface area (Å²) < 4.78 is 66.1. The minimum atomic E-state index is -4.57. The average molecular weight is 440 g/mol. The number of hydrogen-bond donors (Lipinski definition) is 2. The van der Waals surface area contributed by atoms with E-state index < -0.39 is 21.8 Å². The molecule has 0 heterocycles. The molecule has 2 aromatic rings. The van der Waals surface area contributed by atoms with Crippen LogP contribution in [0, 0.1) is 12.8 Å². The molecule has 162 valence electrons. The summed E-state index contributed by atoms with van der Waals surface area (Å²) in [7, 11) is -4.10. The molecule has 0 atom stereocenters. The van der Waals surface area contributed by atoms with E-state index in [1.165, 1.54) is 18.2 Å². The zero-order valence-corrected chi connectivity index (χ0v) is 17.2. The second-order valence-corrected chi connectivity index (χ2v) is 9.14. The van der Waals surface area contributed by atoms with E-state index in [1.54, 1.807) is 13.0 Å². The van der Waals surface area contributed by atoms with Crippen LogP contribution in [0.4, 0.5) is 24.5 Å². The predicted octanol–water partition coefficient (Wildman–Crippen LogP) is 5.33. The molecule has 0 radical (unpaired) electrons. The number of benzene rings is 2. The molecule has 5 nitrogen and oxygen atoms in total. The van der Waals surface area contributed by atoms with Crippen molar-refractivity contribution >= 4 is 27.3 Å². The molecule has 0 aliphatic heterocycles. The maximum atomic E-state index is 12.9. The lowest BCUT2D eigenvalue weighted by molar-refractivity contribution is -0.137. The standard InChI is InChI=1S/C21H23F3N2O3S/c1-14-12-17(25-20(27)15-6-3-2-4-7-15)10-11-19(14)30(28,29)26-18-9-5-8-16(13-18)21(22,23)24/h5,8-13,15,26H,2-4,6-7H2,1H3,(H,25,27). The monoisotopic (exact) mass is 440 g/mol. The Morgan fingerprint density at radius 3 is 2.33 bits per heavy atom. The molecule has 0 saturated heterocycles. The second-order valence-electron chi connectivity index (χ2n) is 7.49. The third kappa shape index (κ3) is 5.33. The lowest BCUT2D eigenvalue weighted by Crippen LogP contribution is -2.24. The van der Waals surface area contributed by atoms with Crippen LogP contribution in [0.5, 0.6) is 0 Å². The van der Waals surface area contributed by atoms with Crippen LogP contribution >= 0.6 is 0 Å². The molecule has 1 fully saturated rings. The first-order valence-corrected chi connectivity index (χ1v) is 11.2. The first-order valence-electron chi connectivity index (χ1n) is 9.68. The maximum Gasteiger partial charge on any atom is 0.416 e. The second kappa shape index (κ2) is 8.67. The van der Waals surface area contributed by atoms with Crippen LogP contribution in [0.3, 0.4) is 0 Å². The van der Waals surface area contributed by atoms with E-state index in [1.807, 2.05) is 0 Å². The number of carbonyl (C=O) groups is 1. The van der Waals surface area contributed by atoms with Gasteiger partial charge >= 0.3 is 6.18 Å². The number of aryl methyl sites for hydroxylation is 1. The van der Waals surface area contributed by atoms with Gasteiger partial charge in [-0.05, 0) is 61.7 Å². The van der Waals surface area contributed by atoms with Crippen molar-refractivity contribution in [3.05, 3.63) is 53.6 Å². The summed E-state index contributed by atoms with van der Waals surface area (Å²) in [6.07, 6.45) is 0.297. The van der Waals surface area contributed by atoms with Gasteiger partial charge in [0.15, 0.2) is 0 Å². The van der Waals surface area contributed by atoms with Crippen LogP contribution in [0.15, 0.2) is 47.4 Å². The number of nitrogens with one attached hydrogen (secondary N) is 2. The van der Waals surface area contributed by atoms with Gasteiger partial charge in [0.1, 0.15) is 0 Å². The van der Waals surface area contributed by atoms with E-state index in [0.717, 1.165) is 50.3 Å². The van der Waals surface area contributed by atoms with Crippen molar-refractivity contribution < 1.29 is 26.4 Å². The third-order valence-corrected chi connectivity index (χ3v) is 6.69. The Hall–Kier alpha value is -2.55. The van der Waals surface area contributed by atoms with E-state index in [2.05, 4.69) is 10.0 Å². The molecular formula is C21H23F3N2O3S. The summed E-state index contributed by atoms with van der Waals surface area (Å²) in [5, 5.41) is 2.83. The van der Waals surface area contributed by atoms with Gasteiger partial charge in [-0.25, -0.2) is 8.42 Å². The number of rotatable bonds is 5. The lowest BCUT2D eigenvalue weighted by Gasteiger charge is -2.21. The topological polar surface area (TPSA) is 75.3 Å². The number of alkyl halides is 3. The van der Waals surface area contributed by atoms with Gasteiger partial charge in [-0.15, -0.1) is 0 Å².